The fourth-order valence-corrected chi connectivity index (χ4v) is 2.74. The number of halogens is 1. The number of amides is 2. The standard InChI is InChI=1S/C18H20FN5O2/c1-13-10-21-16(11-20-13)18(26)24-7-5-23(6-8-24)12-17(25)22-15-4-2-3-14(19)9-15/h2-4,9-11H,5-8,12H2,1H3,(H,22,25). The van der Waals surface area contributed by atoms with Crippen molar-refractivity contribution in [3.8, 4) is 0 Å². The van der Waals surface area contributed by atoms with Crippen LogP contribution in [0.3, 0.4) is 0 Å². The maximum absolute atomic E-state index is 13.1. The van der Waals surface area contributed by atoms with Gasteiger partial charge in [-0.1, -0.05) is 6.07 Å². The number of nitrogens with one attached hydrogen (secondary N) is 1. The van der Waals surface area contributed by atoms with Crippen LogP contribution in [0.2, 0.25) is 0 Å². The van der Waals surface area contributed by atoms with Crippen molar-refractivity contribution < 1.29 is 14.0 Å². The van der Waals surface area contributed by atoms with Crippen molar-refractivity contribution in [2.45, 2.75) is 6.92 Å². The van der Waals surface area contributed by atoms with E-state index >= 15 is 0 Å². The van der Waals surface area contributed by atoms with Crippen LogP contribution >= 0.6 is 0 Å². The van der Waals surface area contributed by atoms with Crippen LogP contribution in [0.5, 0.6) is 0 Å². The largest absolute Gasteiger partial charge is 0.335 e. The first kappa shape index (κ1) is 17.9. The van der Waals surface area contributed by atoms with Gasteiger partial charge in [0.15, 0.2) is 0 Å². The molecular weight excluding hydrogens is 337 g/mol. The molecule has 0 saturated carbocycles. The molecule has 1 aromatic carbocycles. The maximum Gasteiger partial charge on any atom is 0.274 e. The van der Waals surface area contributed by atoms with Gasteiger partial charge in [0, 0.05) is 38.1 Å². The second-order valence-electron chi connectivity index (χ2n) is 6.17. The summed E-state index contributed by atoms with van der Waals surface area (Å²) >= 11 is 0. The average molecular weight is 357 g/mol. The zero-order valence-electron chi connectivity index (χ0n) is 14.5. The highest BCUT2D eigenvalue weighted by molar-refractivity contribution is 5.93. The summed E-state index contributed by atoms with van der Waals surface area (Å²) < 4.78 is 13.1. The molecule has 0 bridgehead atoms. The first-order chi connectivity index (χ1) is 12.5. The van der Waals surface area contributed by atoms with E-state index in [1.807, 2.05) is 11.8 Å². The average Bonchev–Trinajstić information content (AvgIpc) is 2.62. The zero-order chi connectivity index (χ0) is 18.5. The number of carbonyl (C=O) groups is 2. The van der Waals surface area contributed by atoms with Gasteiger partial charge < -0.3 is 10.2 Å². The first-order valence-electron chi connectivity index (χ1n) is 8.37. The van der Waals surface area contributed by atoms with Crippen LogP contribution in [0.1, 0.15) is 16.2 Å². The molecule has 8 heteroatoms. The minimum Gasteiger partial charge on any atom is -0.335 e. The lowest BCUT2D eigenvalue weighted by Gasteiger charge is -2.34. The van der Waals surface area contributed by atoms with Crippen LogP contribution in [-0.4, -0.2) is 64.3 Å². The van der Waals surface area contributed by atoms with E-state index in [1.54, 1.807) is 23.2 Å². The summed E-state index contributed by atoms with van der Waals surface area (Å²) in [5.41, 5.74) is 1.52. The normalized spacial score (nSPS) is 14.9. The highest BCUT2D eigenvalue weighted by Crippen LogP contribution is 2.10. The lowest BCUT2D eigenvalue weighted by molar-refractivity contribution is -0.117. The number of rotatable bonds is 4. The molecule has 7 nitrogen and oxygen atoms in total. The van der Waals surface area contributed by atoms with E-state index in [9.17, 15) is 14.0 Å². The van der Waals surface area contributed by atoms with Gasteiger partial charge in [-0.05, 0) is 25.1 Å². The van der Waals surface area contributed by atoms with Crippen molar-refractivity contribution in [3.05, 3.63) is 53.9 Å². The molecule has 0 aliphatic carbocycles. The third-order valence-corrected chi connectivity index (χ3v) is 4.14. The maximum atomic E-state index is 13.1. The number of aryl methyl sites for hydroxylation is 1. The minimum atomic E-state index is -0.394. The Bertz CT molecular complexity index is 788. The van der Waals surface area contributed by atoms with E-state index in [-0.39, 0.29) is 18.4 Å². The van der Waals surface area contributed by atoms with Gasteiger partial charge in [0.2, 0.25) is 5.91 Å². The van der Waals surface area contributed by atoms with E-state index in [0.717, 1.165) is 5.69 Å². The van der Waals surface area contributed by atoms with E-state index in [0.29, 0.717) is 37.6 Å². The summed E-state index contributed by atoms with van der Waals surface area (Å²) in [5, 5.41) is 2.68. The number of hydrogen-bond donors (Lipinski definition) is 1. The summed E-state index contributed by atoms with van der Waals surface area (Å²) in [4.78, 5) is 36.4. The Labute approximate surface area is 150 Å². The summed E-state index contributed by atoms with van der Waals surface area (Å²) in [6, 6.07) is 5.78. The number of benzene rings is 1. The molecule has 1 saturated heterocycles. The number of carbonyl (C=O) groups excluding carboxylic acids is 2. The number of anilines is 1. The Balaban J connectivity index is 1.48. The number of hydrogen-bond acceptors (Lipinski definition) is 5. The van der Waals surface area contributed by atoms with Crippen molar-refractivity contribution in [2.75, 3.05) is 38.0 Å². The Morgan fingerprint density at radius 3 is 2.58 bits per heavy atom. The summed E-state index contributed by atoms with van der Waals surface area (Å²) in [5.74, 6) is -0.754. The van der Waals surface area contributed by atoms with Crippen molar-refractivity contribution in [3.63, 3.8) is 0 Å². The molecule has 26 heavy (non-hydrogen) atoms. The lowest BCUT2D eigenvalue weighted by Crippen LogP contribution is -2.50. The van der Waals surface area contributed by atoms with Crippen LogP contribution in [0.4, 0.5) is 10.1 Å². The van der Waals surface area contributed by atoms with Crippen molar-refractivity contribution >= 4 is 17.5 Å². The van der Waals surface area contributed by atoms with Crippen molar-refractivity contribution in [2.24, 2.45) is 0 Å². The molecule has 1 fully saturated rings. The van der Waals surface area contributed by atoms with Gasteiger partial charge in [-0.25, -0.2) is 9.37 Å². The Morgan fingerprint density at radius 1 is 1.15 bits per heavy atom. The molecule has 0 atom stereocenters. The second kappa shape index (κ2) is 8.01. The molecule has 3 rings (SSSR count). The summed E-state index contributed by atoms with van der Waals surface area (Å²) in [7, 11) is 0. The Hall–Kier alpha value is -2.87. The predicted molar refractivity (Wildman–Crippen MR) is 94.1 cm³/mol. The van der Waals surface area contributed by atoms with Gasteiger partial charge in [-0.3, -0.25) is 19.5 Å². The Morgan fingerprint density at radius 2 is 1.92 bits per heavy atom. The van der Waals surface area contributed by atoms with E-state index in [4.69, 9.17) is 0 Å². The summed E-state index contributed by atoms with van der Waals surface area (Å²) in [6.07, 6.45) is 3.05. The van der Waals surface area contributed by atoms with Gasteiger partial charge in [-0.15, -0.1) is 0 Å². The van der Waals surface area contributed by atoms with E-state index in [1.165, 1.54) is 18.3 Å². The number of nitrogens with zero attached hydrogens (tertiary/aromatic N) is 4. The fraction of sp³-hybridized carbons (Fsp3) is 0.333. The molecule has 1 N–H and O–H groups in total. The number of aromatic nitrogens is 2. The minimum absolute atomic E-state index is 0.152. The third-order valence-electron chi connectivity index (χ3n) is 4.14. The molecule has 1 aromatic heterocycles. The highest BCUT2D eigenvalue weighted by atomic mass is 19.1. The van der Waals surface area contributed by atoms with E-state index in [2.05, 4.69) is 15.3 Å². The molecule has 136 valence electrons. The molecule has 0 spiro atoms. The van der Waals surface area contributed by atoms with Gasteiger partial charge in [0.05, 0.1) is 18.4 Å². The molecule has 2 heterocycles. The lowest BCUT2D eigenvalue weighted by atomic mass is 10.2. The quantitative estimate of drug-likeness (QED) is 0.893. The molecule has 0 radical (unpaired) electrons. The first-order valence-corrected chi connectivity index (χ1v) is 8.37. The molecule has 2 aromatic rings. The molecular formula is C18H20FN5O2. The van der Waals surface area contributed by atoms with Crippen molar-refractivity contribution in [1.82, 2.24) is 19.8 Å². The van der Waals surface area contributed by atoms with Crippen molar-refractivity contribution in [1.29, 1.82) is 0 Å². The predicted octanol–water partition coefficient (Wildman–Crippen LogP) is 1.32. The molecule has 1 aliphatic rings. The van der Waals surface area contributed by atoms with Gasteiger partial charge in [-0.2, -0.15) is 0 Å². The van der Waals surface area contributed by atoms with Crippen LogP contribution in [0.15, 0.2) is 36.7 Å². The Kier molecular flexibility index (Phi) is 5.52. The second-order valence-corrected chi connectivity index (χ2v) is 6.17. The van der Waals surface area contributed by atoms with Gasteiger partial charge in [0.1, 0.15) is 11.5 Å². The highest BCUT2D eigenvalue weighted by Gasteiger charge is 2.24. The SMILES string of the molecule is Cc1cnc(C(=O)N2CCN(CC(=O)Nc3cccc(F)c3)CC2)cn1. The smallest absolute Gasteiger partial charge is 0.274 e. The summed E-state index contributed by atoms with van der Waals surface area (Å²) in [6.45, 7) is 4.21. The van der Waals surface area contributed by atoms with E-state index < -0.39 is 5.82 Å². The van der Waals surface area contributed by atoms with Gasteiger partial charge >= 0.3 is 0 Å². The van der Waals surface area contributed by atoms with Crippen LogP contribution in [0.25, 0.3) is 0 Å². The van der Waals surface area contributed by atoms with Crippen LogP contribution in [0, 0.1) is 12.7 Å². The molecule has 1 aliphatic heterocycles. The fourth-order valence-electron chi connectivity index (χ4n) is 2.74. The van der Waals surface area contributed by atoms with Crippen LogP contribution in [-0.2, 0) is 4.79 Å². The monoisotopic (exact) mass is 357 g/mol. The number of piperazine rings is 1. The third kappa shape index (κ3) is 4.60. The van der Waals surface area contributed by atoms with Gasteiger partial charge in [0.25, 0.3) is 5.91 Å². The topological polar surface area (TPSA) is 78.4 Å². The molecule has 2 amide bonds. The van der Waals surface area contributed by atoms with Crippen LogP contribution < -0.4 is 5.32 Å². The zero-order valence-corrected chi connectivity index (χ0v) is 14.5. The molecule has 0 unspecified atom stereocenters.